The molecular formula is C18H9BN2O. The molecule has 5 rings (SSSR count). The van der Waals surface area contributed by atoms with Crippen LogP contribution in [0.3, 0.4) is 0 Å². The summed E-state index contributed by atoms with van der Waals surface area (Å²) >= 11 is 0. The highest BCUT2D eigenvalue weighted by Crippen LogP contribution is 2.28. The molecule has 0 N–H and O–H groups in total. The molecule has 0 saturated heterocycles. The zero-order valence-electron chi connectivity index (χ0n) is 11.6. The van der Waals surface area contributed by atoms with E-state index in [-0.39, 0.29) is 5.56 Å². The fourth-order valence-corrected chi connectivity index (χ4v) is 3.31. The lowest BCUT2D eigenvalue weighted by Crippen LogP contribution is -2.13. The summed E-state index contributed by atoms with van der Waals surface area (Å²) in [5.41, 5.74) is 2.83. The first kappa shape index (κ1) is 11.7. The zero-order valence-corrected chi connectivity index (χ0v) is 11.6. The highest BCUT2D eigenvalue weighted by atomic mass is 16.1. The number of aromatic nitrogens is 2. The Bertz CT molecular complexity index is 1250. The van der Waals surface area contributed by atoms with Crippen LogP contribution in [-0.2, 0) is 0 Å². The van der Waals surface area contributed by atoms with E-state index < -0.39 is 0 Å². The van der Waals surface area contributed by atoms with E-state index >= 15 is 0 Å². The first-order chi connectivity index (χ1) is 10.7. The van der Waals surface area contributed by atoms with Gasteiger partial charge in [-0.25, -0.2) is 4.98 Å². The molecule has 5 aromatic rings. The molecule has 3 aromatic carbocycles. The second kappa shape index (κ2) is 3.86. The topological polar surface area (TPSA) is 34.4 Å². The van der Waals surface area contributed by atoms with Crippen molar-refractivity contribution < 1.29 is 0 Å². The molecule has 4 heteroatoms. The number of fused-ring (bicyclic) bond motifs is 4. The standard InChI is InChI=1S/C18H9BN2O/c19-11-7-8-15-14(9-11)20-17-12-5-1-3-10-4-2-6-13(16(10)12)18(22)21(15)17/h1-9H. The summed E-state index contributed by atoms with van der Waals surface area (Å²) in [4.78, 5) is 17.6. The summed E-state index contributed by atoms with van der Waals surface area (Å²) in [6.45, 7) is 0. The average molecular weight is 280 g/mol. The van der Waals surface area contributed by atoms with Crippen LogP contribution >= 0.6 is 0 Å². The molecule has 0 atom stereocenters. The number of hydrogen-bond acceptors (Lipinski definition) is 2. The fraction of sp³-hybridized carbons (Fsp3) is 0. The molecule has 0 amide bonds. The van der Waals surface area contributed by atoms with Gasteiger partial charge in [0.15, 0.2) is 0 Å². The molecule has 0 aliphatic carbocycles. The molecule has 0 saturated carbocycles. The second-order valence-electron chi connectivity index (χ2n) is 5.53. The largest absolute Gasteiger partial charge is 0.268 e. The molecule has 0 aliphatic heterocycles. The quantitative estimate of drug-likeness (QED) is 0.408. The normalized spacial score (nSPS) is 12.0. The Morgan fingerprint density at radius 2 is 1.73 bits per heavy atom. The first-order valence-corrected chi connectivity index (χ1v) is 7.09. The van der Waals surface area contributed by atoms with Gasteiger partial charge in [-0.15, -0.1) is 0 Å². The molecule has 0 spiro atoms. The van der Waals surface area contributed by atoms with Crippen molar-refractivity contribution in [1.82, 2.24) is 9.38 Å². The highest BCUT2D eigenvalue weighted by molar-refractivity contribution is 6.33. The molecule has 0 fully saturated rings. The van der Waals surface area contributed by atoms with E-state index in [0.29, 0.717) is 11.1 Å². The number of nitrogens with zero attached hydrogens (tertiary/aromatic N) is 2. The van der Waals surface area contributed by atoms with Crippen molar-refractivity contribution in [3.05, 3.63) is 65.0 Å². The van der Waals surface area contributed by atoms with Crippen LogP contribution in [0, 0.1) is 0 Å². The van der Waals surface area contributed by atoms with Gasteiger partial charge in [0, 0.05) is 16.2 Å². The summed E-state index contributed by atoms with van der Waals surface area (Å²) < 4.78 is 1.69. The minimum absolute atomic E-state index is 0.0356. The Morgan fingerprint density at radius 3 is 2.55 bits per heavy atom. The van der Waals surface area contributed by atoms with Gasteiger partial charge in [0.2, 0.25) is 0 Å². The van der Waals surface area contributed by atoms with Crippen LogP contribution in [0.2, 0.25) is 0 Å². The molecule has 2 heterocycles. The summed E-state index contributed by atoms with van der Waals surface area (Å²) in [5, 5.41) is 3.74. The Balaban J connectivity index is 2.22. The van der Waals surface area contributed by atoms with Crippen molar-refractivity contribution in [2.75, 3.05) is 0 Å². The number of rotatable bonds is 0. The summed E-state index contributed by atoms with van der Waals surface area (Å²) in [6.07, 6.45) is 0. The molecular weight excluding hydrogens is 271 g/mol. The summed E-state index contributed by atoms with van der Waals surface area (Å²) in [6, 6.07) is 17.3. The number of pyridine rings is 1. The Labute approximate surface area is 126 Å². The van der Waals surface area contributed by atoms with Gasteiger partial charge >= 0.3 is 0 Å². The van der Waals surface area contributed by atoms with E-state index in [1.54, 1.807) is 16.5 Å². The SMILES string of the molecule is [B]c1ccc2c(c1)nc1c3cccc4cccc(c(=O)n21)c43. The van der Waals surface area contributed by atoms with Gasteiger partial charge in [0.25, 0.3) is 5.56 Å². The van der Waals surface area contributed by atoms with Crippen LogP contribution in [0.5, 0.6) is 0 Å². The van der Waals surface area contributed by atoms with Crippen LogP contribution in [0.15, 0.2) is 59.4 Å². The fourth-order valence-electron chi connectivity index (χ4n) is 3.31. The summed E-state index contributed by atoms with van der Waals surface area (Å²) in [7, 11) is 5.84. The maximum Gasteiger partial charge on any atom is 0.264 e. The molecule has 0 bridgehead atoms. The van der Waals surface area contributed by atoms with Gasteiger partial charge < -0.3 is 0 Å². The van der Waals surface area contributed by atoms with E-state index in [0.717, 1.165) is 32.6 Å². The maximum atomic E-state index is 12.9. The van der Waals surface area contributed by atoms with Crippen molar-refractivity contribution >= 4 is 51.5 Å². The van der Waals surface area contributed by atoms with Gasteiger partial charge in [-0.2, -0.15) is 0 Å². The molecule has 100 valence electrons. The van der Waals surface area contributed by atoms with Gasteiger partial charge in [0.05, 0.1) is 11.0 Å². The van der Waals surface area contributed by atoms with Crippen LogP contribution in [0.25, 0.3) is 38.2 Å². The van der Waals surface area contributed by atoms with Crippen molar-refractivity contribution in [1.29, 1.82) is 0 Å². The minimum Gasteiger partial charge on any atom is -0.268 e. The third kappa shape index (κ3) is 1.32. The molecule has 2 radical (unpaired) electrons. The monoisotopic (exact) mass is 280 g/mol. The molecule has 2 aromatic heterocycles. The lowest BCUT2D eigenvalue weighted by Gasteiger charge is -2.06. The van der Waals surface area contributed by atoms with E-state index in [1.165, 1.54) is 0 Å². The van der Waals surface area contributed by atoms with E-state index in [1.807, 2.05) is 42.5 Å². The maximum absolute atomic E-state index is 12.9. The highest BCUT2D eigenvalue weighted by Gasteiger charge is 2.15. The minimum atomic E-state index is -0.0356. The third-order valence-electron chi connectivity index (χ3n) is 4.26. The lowest BCUT2D eigenvalue weighted by atomic mass is 9.96. The van der Waals surface area contributed by atoms with Gasteiger partial charge in [-0.05, 0) is 23.6 Å². The average Bonchev–Trinajstić information content (AvgIpc) is 2.91. The van der Waals surface area contributed by atoms with E-state index in [9.17, 15) is 4.79 Å². The Hall–Kier alpha value is -2.88. The predicted molar refractivity (Wildman–Crippen MR) is 90.6 cm³/mol. The first-order valence-electron chi connectivity index (χ1n) is 7.09. The van der Waals surface area contributed by atoms with E-state index in [2.05, 4.69) is 4.98 Å². The number of imidazole rings is 1. The van der Waals surface area contributed by atoms with E-state index in [4.69, 9.17) is 7.85 Å². The van der Waals surface area contributed by atoms with Crippen molar-refractivity contribution in [3.63, 3.8) is 0 Å². The van der Waals surface area contributed by atoms with Gasteiger partial charge in [-0.1, -0.05) is 41.9 Å². The lowest BCUT2D eigenvalue weighted by molar-refractivity contribution is 1.19. The number of benzene rings is 3. The molecule has 0 unspecified atom stereocenters. The van der Waals surface area contributed by atoms with Crippen LogP contribution in [0.1, 0.15) is 0 Å². The van der Waals surface area contributed by atoms with Crippen LogP contribution in [-0.4, -0.2) is 17.2 Å². The smallest absolute Gasteiger partial charge is 0.264 e. The Kier molecular flexibility index (Phi) is 2.06. The van der Waals surface area contributed by atoms with Crippen LogP contribution < -0.4 is 11.0 Å². The summed E-state index contributed by atoms with van der Waals surface area (Å²) in [5.74, 6) is 0. The van der Waals surface area contributed by atoms with Crippen molar-refractivity contribution in [3.8, 4) is 0 Å². The molecule has 3 nitrogen and oxygen atoms in total. The molecule has 0 aliphatic rings. The molecule has 22 heavy (non-hydrogen) atoms. The number of hydrogen-bond donors (Lipinski definition) is 0. The third-order valence-corrected chi connectivity index (χ3v) is 4.26. The Morgan fingerprint density at radius 1 is 0.955 bits per heavy atom. The zero-order chi connectivity index (χ0) is 14.8. The van der Waals surface area contributed by atoms with Crippen molar-refractivity contribution in [2.24, 2.45) is 0 Å². The van der Waals surface area contributed by atoms with Crippen LogP contribution in [0.4, 0.5) is 0 Å². The van der Waals surface area contributed by atoms with Crippen molar-refractivity contribution in [2.45, 2.75) is 0 Å². The second-order valence-corrected chi connectivity index (χ2v) is 5.53. The van der Waals surface area contributed by atoms with Gasteiger partial charge in [-0.3, -0.25) is 9.20 Å². The predicted octanol–water partition coefficient (Wildman–Crippen LogP) is 2.39. The van der Waals surface area contributed by atoms with Gasteiger partial charge in [0.1, 0.15) is 13.5 Å².